The third kappa shape index (κ3) is 26.1. The number of nitrogens with zero attached hydrogens (tertiary/aromatic N) is 2. The zero-order chi connectivity index (χ0) is 73.6. The van der Waals surface area contributed by atoms with E-state index in [0.717, 1.165) is 0 Å². The number of primary amides is 1. The van der Waals surface area contributed by atoms with Crippen molar-refractivity contribution in [3.05, 3.63) is 71.8 Å². The fourth-order valence-corrected chi connectivity index (χ4v) is 13.0. The normalized spacial score (nSPS) is 25.3. The number of carbonyl (C=O) groups excluding carboxylic acids is 12. The summed E-state index contributed by atoms with van der Waals surface area (Å²) >= 11 is 0. The van der Waals surface area contributed by atoms with Crippen LogP contribution in [0.2, 0.25) is 0 Å². The van der Waals surface area contributed by atoms with Gasteiger partial charge in [-0.3, -0.25) is 57.5 Å². The van der Waals surface area contributed by atoms with E-state index >= 15 is 14.4 Å². The third-order valence-electron chi connectivity index (χ3n) is 18.5. The zero-order valence-corrected chi connectivity index (χ0v) is 60.1. The molecule has 5 rings (SSSR count). The summed E-state index contributed by atoms with van der Waals surface area (Å²) in [6.45, 7) is 15.5. The number of nitrogens with one attached hydrogen (secondary N) is 10. The first kappa shape index (κ1) is 82.6. The number of amides is 12. The quantitative estimate of drug-likeness (QED) is 0.0540. The van der Waals surface area contributed by atoms with Gasteiger partial charge in [0, 0.05) is 25.9 Å². The van der Waals surface area contributed by atoms with E-state index in [0.29, 0.717) is 69.2 Å². The molecule has 556 valence electrons. The molecule has 3 aliphatic heterocycles. The second kappa shape index (κ2) is 42.2. The monoisotopic (exact) mass is 1400 g/mol. The van der Waals surface area contributed by atoms with Crippen molar-refractivity contribution in [2.45, 2.75) is 243 Å². The van der Waals surface area contributed by atoms with E-state index in [1.807, 2.05) is 27.7 Å². The van der Waals surface area contributed by atoms with E-state index in [1.165, 1.54) is 9.80 Å². The third-order valence-corrected chi connectivity index (χ3v) is 18.5. The summed E-state index contributed by atoms with van der Waals surface area (Å²) in [4.78, 5) is 178. The number of nitrogens with two attached hydrogens (primary N) is 4. The molecular formula is C72H116N16O12. The van der Waals surface area contributed by atoms with Crippen LogP contribution in [-0.2, 0) is 70.4 Å². The summed E-state index contributed by atoms with van der Waals surface area (Å²) < 4.78 is 0. The van der Waals surface area contributed by atoms with Crippen molar-refractivity contribution in [3.63, 3.8) is 0 Å². The van der Waals surface area contributed by atoms with E-state index in [4.69, 9.17) is 22.9 Å². The molecule has 3 fully saturated rings. The van der Waals surface area contributed by atoms with Crippen molar-refractivity contribution in [2.75, 3.05) is 39.3 Å². The Morgan fingerprint density at radius 2 is 0.800 bits per heavy atom. The van der Waals surface area contributed by atoms with E-state index in [2.05, 4.69) is 53.2 Å². The highest BCUT2D eigenvalue weighted by molar-refractivity contribution is 6.00. The lowest BCUT2D eigenvalue weighted by molar-refractivity contribution is -0.143. The van der Waals surface area contributed by atoms with Crippen LogP contribution in [0.5, 0.6) is 0 Å². The Kier molecular flexibility index (Phi) is 34.9. The molecular weight excluding hydrogens is 1280 g/mol. The van der Waals surface area contributed by atoms with Gasteiger partial charge in [0.05, 0.1) is 6.04 Å². The van der Waals surface area contributed by atoms with Crippen LogP contribution >= 0.6 is 0 Å². The van der Waals surface area contributed by atoms with E-state index in [-0.39, 0.29) is 109 Å². The number of carbonyl (C=O) groups is 12. The maximum absolute atomic E-state index is 15.3. The molecule has 2 aromatic rings. The minimum absolute atomic E-state index is 0.00841. The highest BCUT2D eigenvalue weighted by Gasteiger charge is 2.44. The minimum Gasteiger partial charge on any atom is -0.368 e. The van der Waals surface area contributed by atoms with Crippen LogP contribution in [0.3, 0.4) is 0 Å². The van der Waals surface area contributed by atoms with Gasteiger partial charge in [0.1, 0.15) is 66.5 Å². The number of fused-ring (bicyclic) bond motifs is 2. The highest BCUT2D eigenvalue weighted by atomic mass is 16.2. The molecule has 12 atom stereocenters. The van der Waals surface area contributed by atoms with E-state index in [1.54, 1.807) is 88.4 Å². The van der Waals surface area contributed by atoms with Crippen molar-refractivity contribution < 1.29 is 57.5 Å². The average Bonchev–Trinajstić information content (AvgIpc) is 1.67. The van der Waals surface area contributed by atoms with Gasteiger partial charge in [0.15, 0.2) is 0 Å². The van der Waals surface area contributed by atoms with Gasteiger partial charge in [-0.05, 0) is 157 Å². The van der Waals surface area contributed by atoms with Crippen molar-refractivity contribution in [1.29, 1.82) is 0 Å². The fourth-order valence-electron chi connectivity index (χ4n) is 13.0. The Morgan fingerprint density at radius 3 is 1.22 bits per heavy atom. The van der Waals surface area contributed by atoms with Crippen LogP contribution in [0.4, 0.5) is 0 Å². The first-order chi connectivity index (χ1) is 47.7. The lowest BCUT2D eigenvalue weighted by atomic mass is 9.99. The molecule has 3 heterocycles. The predicted molar refractivity (Wildman–Crippen MR) is 380 cm³/mol. The molecule has 12 amide bonds. The molecule has 0 unspecified atom stereocenters. The molecule has 0 saturated carbocycles. The van der Waals surface area contributed by atoms with Gasteiger partial charge in [-0.1, -0.05) is 122 Å². The Bertz CT molecular complexity index is 3010. The lowest BCUT2D eigenvalue weighted by Crippen LogP contribution is -2.61. The van der Waals surface area contributed by atoms with Gasteiger partial charge in [0.25, 0.3) is 0 Å². The van der Waals surface area contributed by atoms with Crippen molar-refractivity contribution in [2.24, 2.45) is 46.6 Å². The summed E-state index contributed by atoms with van der Waals surface area (Å²) in [6.07, 6.45) is 4.44. The smallest absolute Gasteiger partial charge is 0.246 e. The Hall–Kier alpha value is -8.08. The minimum atomic E-state index is -1.36. The first-order valence-electron chi connectivity index (χ1n) is 36.2. The summed E-state index contributed by atoms with van der Waals surface area (Å²) in [6, 6.07) is 3.45. The summed E-state index contributed by atoms with van der Waals surface area (Å²) in [5, 5.41) is 29.0. The lowest BCUT2D eigenvalue weighted by Gasteiger charge is -2.32. The molecule has 3 saturated heterocycles. The molecule has 0 aliphatic carbocycles. The molecule has 0 aromatic heterocycles. The standard InChI is InChI=1S/C72H116N16O12/c1-43(2)39-53-64(92)83-55(41-47-23-11-9-12-24-47)66(94)80-52(28-16-18-36-77-49(61(76)89)27-15-17-33-73)71(99)87-37-21-31-57(87)67(95)85-59(45(5)6)69(97)79-51(30-20-35-75)63(91)82-54(40-44(3)4)65(93)84-56(42-48-25-13-10-14-26-48)72(100)88-38-22-32-58(88)68(96)86-60(46(7)8)70(98)78-50(29-19-34-74)62(90)81-53/h9-14,23-26,43-46,49-60,77H,15-22,27-42,73-75H2,1-8H3,(H2,76,89)(H,78,98)(H,79,97)(H,80,94)(H,81,90)(H,82,91)(H,83,92)(H,84,93)(H,85,95)(H,86,96)/t49-,50-,51-,52-,53-,54-,55+,56+,57-,58-,59-,60-/m0/s1. The molecule has 28 heteroatoms. The van der Waals surface area contributed by atoms with Crippen molar-refractivity contribution in [3.8, 4) is 0 Å². The second-order valence-electron chi connectivity index (χ2n) is 28.5. The topological polar surface area (TPSA) is 436 Å². The maximum Gasteiger partial charge on any atom is 0.246 e. The van der Waals surface area contributed by atoms with Gasteiger partial charge in [0.2, 0.25) is 70.9 Å². The highest BCUT2D eigenvalue weighted by Crippen LogP contribution is 2.24. The van der Waals surface area contributed by atoms with Gasteiger partial charge in [-0.25, -0.2) is 0 Å². The predicted octanol–water partition coefficient (Wildman–Crippen LogP) is 0.455. The average molecular weight is 1400 g/mol. The van der Waals surface area contributed by atoms with Crippen LogP contribution in [0.25, 0.3) is 0 Å². The Labute approximate surface area is 590 Å². The first-order valence-corrected chi connectivity index (χ1v) is 36.2. The molecule has 0 bridgehead atoms. The summed E-state index contributed by atoms with van der Waals surface area (Å²) in [5.74, 6) is -9.74. The van der Waals surface area contributed by atoms with Crippen LogP contribution in [-0.4, -0.2) is 192 Å². The molecule has 28 nitrogen and oxygen atoms in total. The molecule has 3 aliphatic rings. The number of rotatable bonds is 27. The number of unbranched alkanes of at least 4 members (excludes halogenated alkanes) is 2. The van der Waals surface area contributed by atoms with Gasteiger partial charge in [-0.2, -0.15) is 0 Å². The SMILES string of the molecule is CC(C)C[C@@H]1NC(=O)[C@H](CCCN)NC(=O)[C@H](C(C)C)NC(=O)[C@@H]2CCCN2C(=O)[C@@H](Cc2ccccc2)NC(=O)[C@H](CC(C)C)NC(=O)[C@H](CCCN)NC(=O)[C@H](C(C)C)NC(=O)[C@@H]2CCCN2C(=O)[C@H](CCCCN[C@@H](CCCCN)C(N)=O)NC(=O)[C@@H](Cc2ccccc2)NC1=O. The summed E-state index contributed by atoms with van der Waals surface area (Å²) in [5.41, 5.74) is 24.7. The molecule has 2 aromatic carbocycles. The summed E-state index contributed by atoms with van der Waals surface area (Å²) in [7, 11) is 0. The van der Waals surface area contributed by atoms with Crippen LogP contribution in [0, 0.1) is 23.7 Å². The van der Waals surface area contributed by atoms with Crippen LogP contribution < -0.4 is 76.1 Å². The van der Waals surface area contributed by atoms with Crippen molar-refractivity contribution in [1.82, 2.24) is 63.0 Å². The molecule has 0 spiro atoms. The molecule has 18 N–H and O–H groups in total. The number of hydrogen-bond donors (Lipinski definition) is 14. The van der Waals surface area contributed by atoms with Gasteiger partial charge < -0.3 is 85.9 Å². The molecule has 100 heavy (non-hydrogen) atoms. The second-order valence-corrected chi connectivity index (χ2v) is 28.5. The van der Waals surface area contributed by atoms with Crippen molar-refractivity contribution >= 4 is 70.9 Å². The number of benzene rings is 2. The molecule has 0 radical (unpaired) electrons. The zero-order valence-electron chi connectivity index (χ0n) is 60.1. The van der Waals surface area contributed by atoms with E-state index in [9.17, 15) is 43.2 Å². The number of hydrogen-bond acceptors (Lipinski definition) is 16. The maximum atomic E-state index is 15.3. The Morgan fingerprint density at radius 1 is 0.430 bits per heavy atom. The Balaban J connectivity index is 1.61. The fraction of sp³-hybridized carbons (Fsp3) is 0.667. The van der Waals surface area contributed by atoms with E-state index < -0.39 is 155 Å². The van der Waals surface area contributed by atoms with Crippen LogP contribution in [0.1, 0.15) is 169 Å². The largest absolute Gasteiger partial charge is 0.368 e. The van der Waals surface area contributed by atoms with Crippen LogP contribution in [0.15, 0.2) is 60.7 Å². The van der Waals surface area contributed by atoms with Gasteiger partial charge in [-0.15, -0.1) is 0 Å². The van der Waals surface area contributed by atoms with Gasteiger partial charge >= 0.3 is 0 Å².